The molecule has 0 spiro atoms. The number of rotatable bonds is 4. The second-order valence-electron chi connectivity index (χ2n) is 5.52. The van der Waals surface area contributed by atoms with Gasteiger partial charge in [-0.25, -0.2) is 4.68 Å². The number of benzene rings is 1. The van der Waals surface area contributed by atoms with Crippen LogP contribution in [0.25, 0.3) is 0 Å². The van der Waals surface area contributed by atoms with Crippen LogP contribution in [-0.2, 0) is 17.8 Å². The van der Waals surface area contributed by atoms with E-state index in [1.165, 1.54) is 16.6 Å². The van der Waals surface area contributed by atoms with Crippen LogP contribution in [-0.4, -0.2) is 44.1 Å². The van der Waals surface area contributed by atoms with E-state index in [0.29, 0.717) is 5.92 Å². The Morgan fingerprint density at radius 1 is 1.19 bits per heavy atom. The number of amides is 1. The molecule has 3 rings (SSSR count). The number of tetrazole rings is 1. The first-order chi connectivity index (χ1) is 10.3. The van der Waals surface area contributed by atoms with Crippen LogP contribution < -0.4 is 0 Å². The van der Waals surface area contributed by atoms with Gasteiger partial charge in [-0.3, -0.25) is 4.79 Å². The smallest absolute Gasteiger partial charge is 0.244 e. The zero-order chi connectivity index (χ0) is 14.5. The molecule has 0 bridgehead atoms. The van der Waals surface area contributed by atoms with Crippen LogP contribution >= 0.6 is 0 Å². The first-order valence-corrected chi connectivity index (χ1v) is 7.34. The van der Waals surface area contributed by atoms with Crippen molar-refractivity contribution in [3.63, 3.8) is 0 Å². The van der Waals surface area contributed by atoms with Crippen LogP contribution in [0.1, 0.15) is 18.4 Å². The second kappa shape index (κ2) is 6.47. The van der Waals surface area contributed by atoms with Gasteiger partial charge in [0.2, 0.25) is 5.91 Å². The molecule has 1 aliphatic rings. The van der Waals surface area contributed by atoms with Crippen LogP contribution in [0.3, 0.4) is 0 Å². The molecule has 2 aromatic rings. The lowest BCUT2D eigenvalue weighted by Gasteiger charge is -2.32. The molecular weight excluding hydrogens is 266 g/mol. The molecule has 6 nitrogen and oxygen atoms in total. The third-order valence-electron chi connectivity index (χ3n) is 4.02. The summed E-state index contributed by atoms with van der Waals surface area (Å²) in [5.41, 5.74) is 1.39. The number of aromatic nitrogens is 4. The number of carbonyl (C=O) groups is 1. The summed E-state index contributed by atoms with van der Waals surface area (Å²) in [4.78, 5) is 14.1. The highest BCUT2D eigenvalue weighted by Gasteiger charge is 2.23. The van der Waals surface area contributed by atoms with Gasteiger partial charge >= 0.3 is 0 Å². The van der Waals surface area contributed by atoms with Crippen LogP contribution in [0.2, 0.25) is 0 Å². The van der Waals surface area contributed by atoms with Crippen molar-refractivity contribution in [2.24, 2.45) is 5.92 Å². The maximum absolute atomic E-state index is 12.1. The minimum absolute atomic E-state index is 0.0976. The van der Waals surface area contributed by atoms with E-state index in [2.05, 4.69) is 39.8 Å². The van der Waals surface area contributed by atoms with Gasteiger partial charge in [0.15, 0.2) is 0 Å². The second-order valence-corrected chi connectivity index (χ2v) is 5.52. The summed E-state index contributed by atoms with van der Waals surface area (Å²) in [6, 6.07) is 10.6. The first-order valence-electron chi connectivity index (χ1n) is 7.34. The maximum atomic E-state index is 12.1. The topological polar surface area (TPSA) is 63.9 Å². The molecule has 0 atom stereocenters. The fourth-order valence-corrected chi connectivity index (χ4v) is 2.83. The number of nitrogens with zero attached hydrogens (tertiary/aromatic N) is 5. The highest BCUT2D eigenvalue weighted by atomic mass is 16.2. The fraction of sp³-hybridized carbons (Fsp3) is 0.467. The third kappa shape index (κ3) is 3.65. The van der Waals surface area contributed by atoms with Gasteiger partial charge in [0.25, 0.3) is 0 Å². The largest absolute Gasteiger partial charge is 0.341 e. The van der Waals surface area contributed by atoms with Crippen molar-refractivity contribution in [3.8, 4) is 0 Å². The monoisotopic (exact) mass is 285 g/mol. The van der Waals surface area contributed by atoms with E-state index in [4.69, 9.17) is 0 Å². The highest BCUT2D eigenvalue weighted by molar-refractivity contribution is 5.75. The summed E-state index contributed by atoms with van der Waals surface area (Å²) in [6.45, 7) is 1.90. The van der Waals surface area contributed by atoms with Crippen LogP contribution in [0.4, 0.5) is 0 Å². The standard InChI is InChI=1S/C15H19N5O/c21-15(11-20-12-16-17-18-20)19-8-6-14(7-9-19)10-13-4-2-1-3-5-13/h1-5,12,14H,6-11H2. The minimum atomic E-state index is 0.0976. The molecule has 6 heteroatoms. The van der Waals surface area contributed by atoms with E-state index >= 15 is 0 Å². The van der Waals surface area contributed by atoms with Crippen LogP contribution in [0.15, 0.2) is 36.7 Å². The molecule has 0 radical (unpaired) electrons. The van der Waals surface area contributed by atoms with E-state index in [9.17, 15) is 4.79 Å². The van der Waals surface area contributed by atoms with Gasteiger partial charge in [0.1, 0.15) is 12.9 Å². The Bertz CT molecular complexity index is 561. The molecule has 1 fully saturated rings. The predicted molar refractivity (Wildman–Crippen MR) is 77.3 cm³/mol. The van der Waals surface area contributed by atoms with Crippen LogP contribution in [0, 0.1) is 5.92 Å². The molecule has 1 aromatic carbocycles. The van der Waals surface area contributed by atoms with Crippen molar-refractivity contribution in [1.82, 2.24) is 25.1 Å². The summed E-state index contributed by atoms with van der Waals surface area (Å²) in [6.07, 6.45) is 4.71. The Morgan fingerprint density at radius 3 is 2.62 bits per heavy atom. The van der Waals surface area contributed by atoms with E-state index < -0.39 is 0 Å². The number of hydrogen-bond donors (Lipinski definition) is 0. The lowest BCUT2D eigenvalue weighted by molar-refractivity contribution is -0.133. The number of hydrogen-bond acceptors (Lipinski definition) is 4. The average Bonchev–Trinajstić information content (AvgIpc) is 3.02. The molecule has 2 heterocycles. The van der Waals surface area contributed by atoms with Crippen molar-refractivity contribution in [1.29, 1.82) is 0 Å². The van der Waals surface area contributed by atoms with Crippen molar-refractivity contribution in [2.75, 3.05) is 13.1 Å². The Labute approximate surface area is 123 Å². The number of carbonyl (C=O) groups excluding carboxylic acids is 1. The minimum Gasteiger partial charge on any atom is -0.341 e. The molecule has 0 aliphatic carbocycles. The van der Waals surface area contributed by atoms with Crippen molar-refractivity contribution < 1.29 is 4.79 Å². The zero-order valence-corrected chi connectivity index (χ0v) is 11.9. The van der Waals surface area contributed by atoms with Gasteiger partial charge in [-0.05, 0) is 41.2 Å². The summed E-state index contributed by atoms with van der Waals surface area (Å²) < 4.78 is 1.47. The first kappa shape index (κ1) is 13.7. The van der Waals surface area contributed by atoms with Gasteiger partial charge < -0.3 is 4.90 Å². The fourth-order valence-electron chi connectivity index (χ4n) is 2.83. The molecule has 1 amide bonds. The molecule has 1 saturated heterocycles. The molecule has 0 unspecified atom stereocenters. The normalized spacial score (nSPS) is 16.1. The predicted octanol–water partition coefficient (Wildman–Crippen LogP) is 1.15. The van der Waals surface area contributed by atoms with Gasteiger partial charge in [0, 0.05) is 13.1 Å². The van der Waals surface area contributed by atoms with E-state index in [1.54, 1.807) is 0 Å². The summed E-state index contributed by atoms with van der Waals surface area (Å²) >= 11 is 0. The van der Waals surface area contributed by atoms with E-state index in [1.807, 2.05) is 11.0 Å². The SMILES string of the molecule is O=C(Cn1cnnn1)N1CCC(Cc2ccccc2)CC1. The summed E-state index contributed by atoms with van der Waals surface area (Å²) in [7, 11) is 0. The maximum Gasteiger partial charge on any atom is 0.244 e. The quantitative estimate of drug-likeness (QED) is 0.845. The number of piperidine rings is 1. The lowest BCUT2D eigenvalue weighted by atomic mass is 9.90. The van der Waals surface area contributed by atoms with E-state index in [0.717, 1.165) is 32.4 Å². The number of likely N-dealkylation sites (tertiary alicyclic amines) is 1. The van der Waals surface area contributed by atoms with Gasteiger partial charge in [-0.1, -0.05) is 30.3 Å². The van der Waals surface area contributed by atoms with Gasteiger partial charge in [-0.15, -0.1) is 5.10 Å². The Morgan fingerprint density at radius 2 is 1.95 bits per heavy atom. The van der Waals surface area contributed by atoms with Crippen molar-refractivity contribution >= 4 is 5.91 Å². The third-order valence-corrected chi connectivity index (χ3v) is 4.02. The molecule has 1 aromatic heterocycles. The zero-order valence-electron chi connectivity index (χ0n) is 11.9. The van der Waals surface area contributed by atoms with Crippen molar-refractivity contribution in [3.05, 3.63) is 42.2 Å². The summed E-state index contributed by atoms with van der Waals surface area (Å²) in [5, 5.41) is 10.8. The van der Waals surface area contributed by atoms with Crippen LogP contribution in [0.5, 0.6) is 0 Å². The summed E-state index contributed by atoms with van der Waals surface area (Å²) in [5.74, 6) is 0.768. The Balaban J connectivity index is 1.47. The van der Waals surface area contributed by atoms with E-state index in [-0.39, 0.29) is 12.5 Å². The highest BCUT2D eigenvalue weighted by Crippen LogP contribution is 2.21. The van der Waals surface area contributed by atoms with Crippen molar-refractivity contribution in [2.45, 2.75) is 25.8 Å². The molecule has 21 heavy (non-hydrogen) atoms. The van der Waals surface area contributed by atoms with Gasteiger partial charge in [0.05, 0.1) is 0 Å². The lowest BCUT2D eigenvalue weighted by Crippen LogP contribution is -2.40. The van der Waals surface area contributed by atoms with Gasteiger partial charge in [-0.2, -0.15) is 0 Å². The molecule has 1 aliphatic heterocycles. The Hall–Kier alpha value is -2.24. The average molecular weight is 285 g/mol. The molecular formula is C15H19N5O. The molecule has 0 N–H and O–H groups in total. The molecule has 0 saturated carbocycles. The Kier molecular flexibility index (Phi) is 4.23. The molecule has 110 valence electrons.